The number of hydrogen-bond donors (Lipinski definition) is 0. The first-order valence-corrected chi connectivity index (χ1v) is 8.19. The molecule has 0 unspecified atom stereocenters. The van der Waals surface area contributed by atoms with Crippen LogP contribution in [0.2, 0.25) is 5.02 Å². The highest BCUT2D eigenvalue weighted by Gasteiger charge is 2.11. The molecule has 3 aromatic rings. The summed E-state index contributed by atoms with van der Waals surface area (Å²) < 4.78 is 2.72. The van der Waals surface area contributed by atoms with Gasteiger partial charge in [-0.05, 0) is 41.4 Å². The van der Waals surface area contributed by atoms with Crippen LogP contribution in [0.4, 0.5) is 0 Å². The molecular formula is C18H14Br2ClN2O+. The van der Waals surface area contributed by atoms with Gasteiger partial charge in [0, 0.05) is 26.7 Å². The largest absolute Gasteiger partial charge is 0.290 e. The van der Waals surface area contributed by atoms with Gasteiger partial charge in [-0.2, -0.15) is 0 Å². The van der Waals surface area contributed by atoms with Gasteiger partial charge in [0.15, 0.2) is 12.2 Å². The molecule has 0 aliphatic carbocycles. The average molecular weight is 470 g/mol. The van der Waals surface area contributed by atoms with Crippen LogP contribution in [0.25, 0.3) is 11.3 Å². The Morgan fingerprint density at radius 2 is 1.71 bits per heavy atom. The smallest absolute Gasteiger partial charge is 0.287 e. The summed E-state index contributed by atoms with van der Waals surface area (Å²) >= 11 is 9.25. The molecule has 122 valence electrons. The summed E-state index contributed by atoms with van der Waals surface area (Å²) in [7, 11) is 0. The number of nitrogens with zero attached hydrogens (tertiary/aromatic N) is 2. The number of aromatic nitrogens is 2. The van der Waals surface area contributed by atoms with Gasteiger partial charge in [0.25, 0.3) is 6.33 Å². The fourth-order valence-corrected chi connectivity index (χ4v) is 2.55. The Kier molecular flexibility index (Phi) is 6.66. The monoisotopic (exact) mass is 467 g/mol. The number of carbonyl (C=O) groups is 1. The second-order valence-corrected chi connectivity index (χ2v) is 6.41. The van der Waals surface area contributed by atoms with E-state index in [1.54, 1.807) is 10.9 Å². The Morgan fingerprint density at radius 3 is 2.29 bits per heavy atom. The SMILES string of the molecule is Br.O=C(C[n+]1ccc(-c2ccc(Cl)cc2)nc1)c1ccc(Br)cc1. The second kappa shape index (κ2) is 8.51. The maximum atomic E-state index is 12.2. The highest BCUT2D eigenvalue weighted by Crippen LogP contribution is 2.18. The molecule has 0 aliphatic heterocycles. The third-order valence-corrected chi connectivity index (χ3v) is 4.18. The second-order valence-electron chi connectivity index (χ2n) is 5.05. The molecule has 0 fully saturated rings. The predicted molar refractivity (Wildman–Crippen MR) is 104 cm³/mol. The molecule has 2 aromatic carbocycles. The van der Waals surface area contributed by atoms with Crippen LogP contribution in [0.5, 0.6) is 0 Å². The minimum absolute atomic E-state index is 0. The van der Waals surface area contributed by atoms with E-state index in [4.69, 9.17) is 11.6 Å². The zero-order chi connectivity index (χ0) is 16.2. The van der Waals surface area contributed by atoms with Crippen LogP contribution in [-0.2, 0) is 6.54 Å². The zero-order valence-electron chi connectivity index (χ0n) is 12.5. The molecule has 24 heavy (non-hydrogen) atoms. The minimum Gasteiger partial charge on any atom is -0.290 e. The van der Waals surface area contributed by atoms with Gasteiger partial charge in [-0.3, -0.25) is 4.79 Å². The Morgan fingerprint density at radius 1 is 1.04 bits per heavy atom. The van der Waals surface area contributed by atoms with Crippen molar-refractivity contribution in [3.05, 3.63) is 82.2 Å². The van der Waals surface area contributed by atoms with Crippen LogP contribution in [0.1, 0.15) is 10.4 Å². The maximum absolute atomic E-state index is 12.2. The molecule has 0 atom stereocenters. The molecular weight excluding hydrogens is 455 g/mol. The van der Waals surface area contributed by atoms with Gasteiger partial charge in [0.2, 0.25) is 5.78 Å². The Balaban J connectivity index is 0.00000208. The van der Waals surface area contributed by atoms with Crippen molar-refractivity contribution in [1.82, 2.24) is 4.98 Å². The first kappa shape index (κ1) is 18.8. The van der Waals surface area contributed by atoms with Crippen molar-refractivity contribution in [2.45, 2.75) is 6.54 Å². The average Bonchev–Trinajstić information content (AvgIpc) is 2.57. The molecule has 3 rings (SSSR count). The van der Waals surface area contributed by atoms with Crippen LogP contribution in [-0.4, -0.2) is 10.8 Å². The van der Waals surface area contributed by atoms with Crippen LogP contribution in [0.15, 0.2) is 71.6 Å². The lowest BCUT2D eigenvalue weighted by Gasteiger charge is -2.01. The molecule has 0 bridgehead atoms. The molecule has 0 saturated heterocycles. The number of carbonyl (C=O) groups excluding carboxylic acids is 1. The highest BCUT2D eigenvalue weighted by molar-refractivity contribution is 9.10. The molecule has 3 nitrogen and oxygen atoms in total. The van der Waals surface area contributed by atoms with Gasteiger partial charge >= 0.3 is 0 Å². The van der Waals surface area contributed by atoms with Crippen LogP contribution >= 0.6 is 44.5 Å². The van der Waals surface area contributed by atoms with E-state index in [0.29, 0.717) is 10.6 Å². The summed E-state index contributed by atoms with van der Waals surface area (Å²) in [6.07, 6.45) is 3.52. The molecule has 0 saturated carbocycles. The fraction of sp³-hybridized carbons (Fsp3) is 0.0556. The van der Waals surface area contributed by atoms with Crippen molar-refractivity contribution in [3.63, 3.8) is 0 Å². The van der Waals surface area contributed by atoms with Crippen molar-refractivity contribution in [3.8, 4) is 11.3 Å². The quantitative estimate of drug-likeness (QED) is 0.402. The lowest BCUT2D eigenvalue weighted by atomic mass is 10.1. The third-order valence-electron chi connectivity index (χ3n) is 3.40. The van der Waals surface area contributed by atoms with Gasteiger partial charge < -0.3 is 0 Å². The Hall–Kier alpha value is -1.56. The summed E-state index contributed by atoms with van der Waals surface area (Å²) in [5.74, 6) is 0.0449. The topological polar surface area (TPSA) is 33.8 Å². The minimum atomic E-state index is 0. The van der Waals surface area contributed by atoms with Gasteiger partial charge in [0.1, 0.15) is 0 Å². The lowest BCUT2D eigenvalue weighted by molar-refractivity contribution is -0.686. The summed E-state index contributed by atoms with van der Waals surface area (Å²) in [5, 5.41) is 0.694. The number of hydrogen-bond acceptors (Lipinski definition) is 2. The van der Waals surface area contributed by atoms with Crippen molar-refractivity contribution < 1.29 is 9.36 Å². The van der Waals surface area contributed by atoms with Crippen LogP contribution in [0, 0.1) is 0 Å². The van der Waals surface area contributed by atoms with E-state index >= 15 is 0 Å². The van der Waals surface area contributed by atoms with Crippen molar-refractivity contribution in [1.29, 1.82) is 0 Å². The summed E-state index contributed by atoms with van der Waals surface area (Å²) in [6.45, 7) is 0.259. The molecule has 0 aliphatic rings. The first-order valence-electron chi connectivity index (χ1n) is 7.01. The van der Waals surface area contributed by atoms with Gasteiger partial charge in [-0.15, -0.1) is 17.0 Å². The number of rotatable bonds is 4. The number of ketones is 1. The molecule has 0 amide bonds. The molecule has 0 N–H and O–H groups in total. The number of Topliss-reactive ketones (excluding diaryl/α,β-unsaturated/α-hetero) is 1. The van der Waals surface area contributed by atoms with E-state index in [1.807, 2.05) is 60.8 Å². The van der Waals surface area contributed by atoms with Crippen molar-refractivity contribution >= 4 is 50.3 Å². The Labute approximate surface area is 164 Å². The first-order chi connectivity index (χ1) is 11.1. The molecule has 1 aromatic heterocycles. The van der Waals surface area contributed by atoms with Gasteiger partial charge in [-0.1, -0.05) is 39.7 Å². The van der Waals surface area contributed by atoms with Gasteiger partial charge in [0.05, 0.1) is 6.20 Å². The zero-order valence-corrected chi connectivity index (χ0v) is 16.6. The van der Waals surface area contributed by atoms with Gasteiger partial charge in [-0.25, -0.2) is 4.57 Å². The van der Waals surface area contributed by atoms with E-state index in [1.165, 1.54) is 0 Å². The third kappa shape index (κ3) is 4.72. The highest BCUT2D eigenvalue weighted by atomic mass is 79.9. The standard InChI is InChI=1S/C18H13BrClN2O.BrH/c19-15-5-1-14(2-6-15)18(23)11-22-10-9-17(21-12-22)13-3-7-16(20)8-4-13;/h1-10,12H,11H2;1H/q+1;. The molecule has 0 spiro atoms. The van der Waals surface area contributed by atoms with E-state index in [-0.39, 0.29) is 29.3 Å². The normalized spacial score (nSPS) is 10.1. The summed E-state index contributed by atoms with van der Waals surface area (Å²) in [4.78, 5) is 16.6. The van der Waals surface area contributed by atoms with Crippen LogP contribution < -0.4 is 4.57 Å². The maximum Gasteiger partial charge on any atom is 0.287 e. The van der Waals surface area contributed by atoms with Crippen molar-refractivity contribution in [2.75, 3.05) is 0 Å². The summed E-state index contributed by atoms with van der Waals surface area (Å²) in [6, 6.07) is 16.7. The predicted octanol–water partition coefficient (Wildman–Crippen LogP) is 4.91. The van der Waals surface area contributed by atoms with E-state index in [0.717, 1.165) is 15.7 Å². The summed E-state index contributed by atoms with van der Waals surface area (Å²) in [5.41, 5.74) is 2.51. The van der Waals surface area contributed by atoms with Crippen molar-refractivity contribution in [2.24, 2.45) is 0 Å². The fourth-order valence-electron chi connectivity index (χ4n) is 2.16. The van der Waals surface area contributed by atoms with Crippen LogP contribution in [0.3, 0.4) is 0 Å². The number of benzene rings is 2. The molecule has 0 radical (unpaired) electrons. The molecule has 1 heterocycles. The van der Waals surface area contributed by atoms with E-state index < -0.39 is 0 Å². The molecule has 6 heteroatoms. The van der Waals surface area contributed by atoms with E-state index in [2.05, 4.69) is 20.9 Å². The lowest BCUT2D eigenvalue weighted by Crippen LogP contribution is -2.37. The Bertz CT molecular complexity index is 819. The van der Waals surface area contributed by atoms with E-state index in [9.17, 15) is 4.79 Å². The number of halogens is 3.